The zero-order valence-electron chi connectivity index (χ0n) is 10.7. The molecular weight excluding hydrogens is 270 g/mol. The van der Waals surface area contributed by atoms with Crippen molar-refractivity contribution in [2.75, 3.05) is 19.0 Å². The second-order valence-electron chi connectivity index (χ2n) is 3.37. The number of rotatable bonds is 8. The monoisotopic (exact) mass is 289 g/mol. The SMILES string of the molecule is CCOC(CSC(=S)NCc1ccco1)OCC. The predicted molar refractivity (Wildman–Crippen MR) is 77.6 cm³/mol. The van der Waals surface area contributed by atoms with E-state index in [1.807, 2.05) is 26.0 Å². The van der Waals surface area contributed by atoms with Gasteiger partial charge in [0.05, 0.1) is 18.6 Å². The van der Waals surface area contributed by atoms with Crippen LogP contribution in [0.15, 0.2) is 22.8 Å². The molecule has 0 saturated heterocycles. The van der Waals surface area contributed by atoms with Gasteiger partial charge in [0.25, 0.3) is 0 Å². The highest BCUT2D eigenvalue weighted by Crippen LogP contribution is 2.09. The Bertz CT molecular complexity index is 324. The lowest BCUT2D eigenvalue weighted by atomic mass is 10.4. The Morgan fingerprint density at radius 1 is 1.44 bits per heavy atom. The van der Waals surface area contributed by atoms with Crippen LogP contribution in [0.4, 0.5) is 0 Å². The number of hydrogen-bond acceptors (Lipinski definition) is 5. The zero-order valence-corrected chi connectivity index (χ0v) is 12.3. The number of hydrogen-bond donors (Lipinski definition) is 1. The Hall–Kier alpha value is -0.560. The van der Waals surface area contributed by atoms with E-state index in [9.17, 15) is 0 Å². The Balaban J connectivity index is 2.18. The summed E-state index contributed by atoms with van der Waals surface area (Å²) in [5.74, 6) is 1.55. The second kappa shape index (κ2) is 9.38. The second-order valence-corrected chi connectivity index (χ2v) is 5.07. The van der Waals surface area contributed by atoms with E-state index in [1.54, 1.807) is 6.26 Å². The fourth-order valence-electron chi connectivity index (χ4n) is 1.28. The van der Waals surface area contributed by atoms with Gasteiger partial charge in [0.15, 0.2) is 6.29 Å². The Kier molecular flexibility index (Phi) is 8.08. The first-order valence-electron chi connectivity index (χ1n) is 5.92. The van der Waals surface area contributed by atoms with Crippen LogP contribution in [-0.4, -0.2) is 29.6 Å². The van der Waals surface area contributed by atoms with Crippen molar-refractivity contribution in [2.45, 2.75) is 26.7 Å². The number of furan rings is 1. The molecule has 4 nitrogen and oxygen atoms in total. The summed E-state index contributed by atoms with van der Waals surface area (Å²) in [5, 5.41) is 3.11. The van der Waals surface area contributed by atoms with Crippen molar-refractivity contribution in [1.29, 1.82) is 0 Å². The maximum atomic E-state index is 5.43. The molecular formula is C12H19NO3S2. The molecule has 18 heavy (non-hydrogen) atoms. The zero-order chi connectivity index (χ0) is 13.2. The van der Waals surface area contributed by atoms with E-state index in [0.717, 1.165) is 10.1 Å². The van der Waals surface area contributed by atoms with Gasteiger partial charge < -0.3 is 19.2 Å². The first-order chi connectivity index (χ1) is 8.76. The van der Waals surface area contributed by atoms with Gasteiger partial charge in [0, 0.05) is 13.2 Å². The average molecular weight is 289 g/mol. The number of ether oxygens (including phenoxy) is 2. The van der Waals surface area contributed by atoms with Gasteiger partial charge in [-0.25, -0.2) is 0 Å². The summed E-state index contributed by atoms with van der Waals surface area (Å²) in [7, 11) is 0. The molecule has 1 aromatic heterocycles. The van der Waals surface area contributed by atoms with Gasteiger partial charge in [-0.2, -0.15) is 0 Å². The Morgan fingerprint density at radius 3 is 2.72 bits per heavy atom. The maximum Gasteiger partial charge on any atom is 0.166 e. The molecule has 0 saturated carbocycles. The van der Waals surface area contributed by atoms with Crippen LogP contribution in [0.2, 0.25) is 0 Å². The lowest BCUT2D eigenvalue weighted by Crippen LogP contribution is -2.24. The van der Waals surface area contributed by atoms with Crippen LogP contribution >= 0.6 is 24.0 Å². The fraction of sp³-hybridized carbons (Fsp3) is 0.583. The van der Waals surface area contributed by atoms with Crippen molar-refractivity contribution in [3.05, 3.63) is 24.2 Å². The molecule has 0 aromatic carbocycles. The normalized spacial score (nSPS) is 10.8. The summed E-state index contributed by atoms with van der Waals surface area (Å²) in [6, 6.07) is 3.76. The smallest absolute Gasteiger partial charge is 0.166 e. The van der Waals surface area contributed by atoms with Gasteiger partial charge in [0.1, 0.15) is 10.1 Å². The van der Waals surface area contributed by atoms with Crippen molar-refractivity contribution >= 4 is 28.3 Å². The minimum Gasteiger partial charge on any atom is -0.467 e. The van der Waals surface area contributed by atoms with Gasteiger partial charge in [-0.05, 0) is 26.0 Å². The number of nitrogens with one attached hydrogen (secondary N) is 1. The highest BCUT2D eigenvalue weighted by Gasteiger charge is 2.09. The molecule has 0 fully saturated rings. The third-order valence-electron chi connectivity index (χ3n) is 2.04. The lowest BCUT2D eigenvalue weighted by Gasteiger charge is -2.16. The highest BCUT2D eigenvalue weighted by atomic mass is 32.2. The molecule has 0 aliphatic heterocycles. The molecule has 1 rings (SSSR count). The molecule has 0 aliphatic rings. The van der Waals surface area contributed by atoms with Crippen molar-refractivity contribution in [1.82, 2.24) is 5.32 Å². The number of thioether (sulfide) groups is 1. The molecule has 102 valence electrons. The van der Waals surface area contributed by atoms with Crippen LogP contribution < -0.4 is 5.32 Å². The van der Waals surface area contributed by atoms with Crippen LogP contribution in [0, 0.1) is 0 Å². The van der Waals surface area contributed by atoms with Crippen LogP contribution in [0.5, 0.6) is 0 Å². The van der Waals surface area contributed by atoms with Crippen molar-refractivity contribution < 1.29 is 13.9 Å². The van der Waals surface area contributed by atoms with Crippen molar-refractivity contribution in [2.24, 2.45) is 0 Å². The van der Waals surface area contributed by atoms with Crippen LogP contribution in [0.25, 0.3) is 0 Å². The van der Waals surface area contributed by atoms with Crippen molar-refractivity contribution in [3.63, 3.8) is 0 Å². The van der Waals surface area contributed by atoms with E-state index in [-0.39, 0.29) is 6.29 Å². The molecule has 0 amide bonds. The van der Waals surface area contributed by atoms with E-state index >= 15 is 0 Å². The molecule has 1 heterocycles. The fourth-order valence-corrected chi connectivity index (χ4v) is 2.21. The minimum atomic E-state index is -0.201. The average Bonchev–Trinajstić information content (AvgIpc) is 2.87. The van der Waals surface area contributed by atoms with Gasteiger partial charge >= 0.3 is 0 Å². The summed E-state index contributed by atoms with van der Waals surface area (Å²) < 4.78 is 16.8. The molecule has 1 N–H and O–H groups in total. The molecule has 1 aromatic rings. The standard InChI is InChI=1S/C12H19NO3S2/c1-3-14-11(15-4-2)9-18-12(17)13-8-10-6-5-7-16-10/h5-7,11H,3-4,8-9H2,1-2H3,(H,13,17). The first kappa shape index (κ1) is 15.5. The highest BCUT2D eigenvalue weighted by molar-refractivity contribution is 8.22. The maximum absolute atomic E-state index is 5.43. The summed E-state index contributed by atoms with van der Waals surface area (Å²) in [6.45, 7) is 5.77. The van der Waals surface area contributed by atoms with Crippen LogP contribution in [0.3, 0.4) is 0 Å². The minimum absolute atomic E-state index is 0.201. The third kappa shape index (κ3) is 6.39. The van der Waals surface area contributed by atoms with Gasteiger partial charge in [-0.3, -0.25) is 0 Å². The molecule has 0 bridgehead atoms. The quantitative estimate of drug-likeness (QED) is 0.586. The topological polar surface area (TPSA) is 43.6 Å². The van der Waals surface area contributed by atoms with E-state index in [2.05, 4.69) is 5.32 Å². The molecule has 0 aliphatic carbocycles. The predicted octanol–water partition coefficient (Wildman–Crippen LogP) is 2.79. The molecule has 0 atom stereocenters. The molecule has 0 unspecified atom stereocenters. The van der Waals surface area contributed by atoms with E-state index in [1.165, 1.54) is 11.8 Å². The van der Waals surface area contributed by atoms with Crippen molar-refractivity contribution in [3.8, 4) is 0 Å². The Labute approximate surface area is 117 Å². The van der Waals surface area contributed by atoms with Gasteiger partial charge in [0.2, 0.25) is 0 Å². The van der Waals surface area contributed by atoms with E-state index in [0.29, 0.717) is 25.5 Å². The molecule has 0 spiro atoms. The summed E-state index contributed by atoms with van der Waals surface area (Å²) in [6.07, 6.45) is 1.45. The third-order valence-corrected chi connectivity index (χ3v) is 3.39. The first-order valence-corrected chi connectivity index (χ1v) is 7.31. The summed E-state index contributed by atoms with van der Waals surface area (Å²) >= 11 is 6.73. The number of thiocarbonyl (C=S) groups is 1. The van der Waals surface area contributed by atoms with Crippen LogP contribution in [-0.2, 0) is 16.0 Å². The van der Waals surface area contributed by atoms with E-state index in [4.69, 9.17) is 26.1 Å². The van der Waals surface area contributed by atoms with Gasteiger partial charge in [-0.1, -0.05) is 24.0 Å². The summed E-state index contributed by atoms with van der Waals surface area (Å²) in [4.78, 5) is 0. The summed E-state index contributed by atoms with van der Waals surface area (Å²) in [5.41, 5.74) is 0. The van der Waals surface area contributed by atoms with Crippen LogP contribution in [0.1, 0.15) is 19.6 Å². The Morgan fingerprint density at radius 2 is 2.17 bits per heavy atom. The molecule has 6 heteroatoms. The van der Waals surface area contributed by atoms with Gasteiger partial charge in [-0.15, -0.1) is 0 Å². The van der Waals surface area contributed by atoms with E-state index < -0.39 is 0 Å². The largest absolute Gasteiger partial charge is 0.467 e. The molecule has 0 radical (unpaired) electrons. The lowest BCUT2D eigenvalue weighted by molar-refractivity contribution is -0.119.